The molecule has 0 amide bonds. The van der Waals surface area contributed by atoms with E-state index >= 15 is 0 Å². The average Bonchev–Trinajstić information content (AvgIpc) is 2.76. The van der Waals surface area contributed by atoms with Gasteiger partial charge < -0.3 is 14.2 Å². The lowest BCUT2D eigenvalue weighted by Gasteiger charge is -2.17. The minimum absolute atomic E-state index is 0.00721. The molecule has 2 rings (SSSR count). The number of hydrogen-bond donors (Lipinski definition) is 0. The van der Waals surface area contributed by atoms with Crippen molar-refractivity contribution in [2.45, 2.75) is 20.3 Å². The van der Waals surface area contributed by atoms with Gasteiger partial charge in [-0.2, -0.15) is 0 Å². The summed E-state index contributed by atoms with van der Waals surface area (Å²) in [6.45, 7) is 10.5. The standard InChI is InChI=1S/C25H25FO6/c1-16(2)24(28)31-14-19(13-30-15-27)11-18-5-10-22(23(26)12-18)20-6-8-21(9-7-20)32-25(29)17(3)4/h5-10,12,15,19H,1,3,11,13-14H2,2,4H3. The number of hydrogen-bond acceptors (Lipinski definition) is 6. The molecule has 32 heavy (non-hydrogen) atoms. The van der Waals surface area contributed by atoms with Gasteiger partial charge in [-0.3, -0.25) is 4.79 Å². The fourth-order valence-corrected chi connectivity index (χ4v) is 2.81. The largest absolute Gasteiger partial charge is 0.467 e. The zero-order chi connectivity index (χ0) is 23.7. The minimum Gasteiger partial charge on any atom is -0.467 e. The Hall–Kier alpha value is -3.74. The fourth-order valence-electron chi connectivity index (χ4n) is 2.81. The molecule has 0 radical (unpaired) electrons. The van der Waals surface area contributed by atoms with E-state index in [0.717, 1.165) is 0 Å². The monoisotopic (exact) mass is 440 g/mol. The van der Waals surface area contributed by atoms with Crippen molar-refractivity contribution in [1.29, 1.82) is 0 Å². The van der Waals surface area contributed by atoms with Gasteiger partial charge in [-0.1, -0.05) is 37.4 Å². The number of carbonyl (C=O) groups is 3. The van der Waals surface area contributed by atoms with Crippen LogP contribution < -0.4 is 4.74 Å². The Balaban J connectivity index is 2.11. The van der Waals surface area contributed by atoms with Gasteiger partial charge in [-0.05, 0) is 49.6 Å². The maximum atomic E-state index is 14.8. The van der Waals surface area contributed by atoms with Gasteiger partial charge in [0.15, 0.2) is 0 Å². The zero-order valence-corrected chi connectivity index (χ0v) is 18.1. The average molecular weight is 440 g/mol. The first-order valence-corrected chi connectivity index (χ1v) is 9.85. The SMILES string of the molecule is C=C(C)C(=O)OCC(COC=O)Cc1ccc(-c2ccc(OC(=O)C(=C)C)cc2)c(F)c1. The van der Waals surface area contributed by atoms with Crippen LogP contribution in [0.15, 0.2) is 66.8 Å². The van der Waals surface area contributed by atoms with E-state index in [1.165, 1.54) is 13.0 Å². The molecular formula is C25H25FO6. The van der Waals surface area contributed by atoms with Crippen LogP contribution in [0.5, 0.6) is 5.75 Å². The van der Waals surface area contributed by atoms with Crippen LogP contribution in [0.4, 0.5) is 4.39 Å². The minimum atomic E-state index is -0.542. The number of esters is 2. The van der Waals surface area contributed by atoms with E-state index in [1.54, 1.807) is 43.3 Å². The highest BCUT2D eigenvalue weighted by molar-refractivity contribution is 5.88. The van der Waals surface area contributed by atoms with Gasteiger partial charge in [0.05, 0.1) is 13.2 Å². The summed E-state index contributed by atoms with van der Waals surface area (Å²) in [5.41, 5.74) is 2.18. The van der Waals surface area contributed by atoms with Gasteiger partial charge in [0.1, 0.15) is 11.6 Å². The molecule has 0 aliphatic carbocycles. The first-order chi connectivity index (χ1) is 15.2. The maximum Gasteiger partial charge on any atom is 0.338 e. The summed E-state index contributed by atoms with van der Waals surface area (Å²) in [5.74, 6) is -1.52. The van der Waals surface area contributed by atoms with Crippen LogP contribution in [0.1, 0.15) is 19.4 Å². The van der Waals surface area contributed by atoms with Gasteiger partial charge in [-0.15, -0.1) is 0 Å². The molecule has 0 aliphatic rings. The van der Waals surface area contributed by atoms with Crippen molar-refractivity contribution < 1.29 is 33.0 Å². The summed E-state index contributed by atoms with van der Waals surface area (Å²) >= 11 is 0. The van der Waals surface area contributed by atoms with Crippen molar-refractivity contribution >= 4 is 18.4 Å². The van der Waals surface area contributed by atoms with Crippen molar-refractivity contribution in [3.63, 3.8) is 0 Å². The van der Waals surface area contributed by atoms with E-state index in [-0.39, 0.29) is 30.3 Å². The van der Waals surface area contributed by atoms with E-state index in [2.05, 4.69) is 13.2 Å². The van der Waals surface area contributed by atoms with Crippen LogP contribution in [0.2, 0.25) is 0 Å². The van der Waals surface area contributed by atoms with Gasteiger partial charge >= 0.3 is 11.9 Å². The van der Waals surface area contributed by atoms with Gasteiger partial charge in [0.25, 0.3) is 6.47 Å². The highest BCUT2D eigenvalue weighted by atomic mass is 19.1. The lowest BCUT2D eigenvalue weighted by atomic mass is 9.97. The lowest BCUT2D eigenvalue weighted by Crippen LogP contribution is -2.21. The molecular weight excluding hydrogens is 415 g/mol. The molecule has 0 spiro atoms. The van der Waals surface area contributed by atoms with Gasteiger partial charge in [-0.25, -0.2) is 14.0 Å². The highest BCUT2D eigenvalue weighted by Crippen LogP contribution is 2.27. The molecule has 0 aromatic heterocycles. The van der Waals surface area contributed by atoms with Crippen molar-refractivity contribution in [2.24, 2.45) is 5.92 Å². The molecule has 0 aliphatic heterocycles. The normalized spacial score (nSPS) is 11.2. The number of halogens is 1. The highest BCUT2D eigenvalue weighted by Gasteiger charge is 2.16. The number of rotatable bonds is 11. The molecule has 7 heteroatoms. The van der Waals surface area contributed by atoms with Crippen LogP contribution in [0.3, 0.4) is 0 Å². The van der Waals surface area contributed by atoms with E-state index in [4.69, 9.17) is 14.2 Å². The molecule has 168 valence electrons. The molecule has 0 N–H and O–H groups in total. The number of carbonyl (C=O) groups excluding carboxylic acids is 3. The summed E-state index contributed by atoms with van der Waals surface area (Å²) in [5, 5.41) is 0. The molecule has 1 atom stereocenters. The number of benzene rings is 2. The van der Waals surface area contributed by atoms with E-state index < -0.39 is 17.8 Å². The van der Waals surface area contributed by atoms with Crippen LogP contribution in [0.25, 0.3) is 11.1 Å². The number of ether oxygens (including phenoxy) is 3. The van der Waals surface area contributed by atoms with Crippen molar-refractivity contribution in [3.05, 3.63) is 78.1 Å². The molecule has 6 nitrogen and oxygen atoms in total. The van der Waals surface area contributed by atoms with Crippen molar-refractivity contribution in [2.75, 3.05) is 13.2 Å². The smallest absolute Gasteiger partial charge is 0.338 e. The topological polar surface area (TPSA) is 78.9 Å². The van der Waals surface area contributed by atoms with E-state index in [1.807, 2.05) is 0 Å². The Morgan fingerprint density at radius 3 is 2.22 bits per heavy atom. The van der Waals surface area contributed by atoms with Crippen LogP contribution in [0, 0.1) is 11.7 Å². The molecule has 0 saturated carbocycles. The Bertz CT molecular complexity index is 1010. The zero-order valence-electron chi connectivity index (χ0n) is 18.1. The molecule has 0 fully saturated rings. The molecule has 2 aromatic rings. The fraction of sp³-hybridized carbons (Fsp3) is 0.240. The van der Waals surface area contributed by atoms with Crippen molar-refractivity contribution in [3.8, 4) is 16.9 Å². The quantitative estimate of drug-likeness (QED) is 0.223. The van der Waals surface area contributed by atoms with Crippen LogP contribution >= 0.6 is 0 Å². The van der Waals surface area contributed by atoms with E-state index in [9.17, 15) is 18.8 Å². The summed E-state index contributed by atoms with van der Waals surface area (Å²) in [6.07, 6.45) is 0.338. The Morgan fingerprint density at radius 1 is 1.00 bits per heavy atom. The van der Waals surface area contributed by atoms with Gasteiger partial charge in [0, 0.05) is 22.6 Å². The molecule has 0 bridgehead atoms. The van der Waals surface area contributed by atoms with Gasteiger partial charge in [0.2, 0.25) is 0 Å². The first kappa shape index (κ1) is 24.5. The third kappa shape index (κ3) is 7.19. The Kier molecular flexibility index (Phi) is 8.89. The summed E-state index contributed by atoms with van der Waals surface area (Å²) in [7, 11) is 0. The van der Waals surface area contributed by atoms with E-state index in [0.29, 0.717) is 35.3 Å². The molecule has 1 unspecified atom stereocenters. The second-order valence-electron chi connectivity index (χ2n) is 7.39. The third-order valence-electron chi connectivity index (χ3n) is 4.48. The first-order valence-electron chi connectivity index (χ1n) is 9.85. The van der Waals surface area contributed by atoms with Crippen LogP contribution in [-0.4, -0.2) is 31.6 Å². The molecule has 0 heterocycles. The lowest BCUT2D eigenvalue weighted by molar-refractivity contribution is -0.141. The second kappa shape index (κ2) is 11.6. The van der Waals surface area contributed by atoms with Crippen LogP contribution in [-0.2, 0) is 30.3 Å². The predicted octanol–water partition coefficient (Wildman–Crippen LogP) is 4.43. The molecule has 2 aromatic carbocycles. The Labute approximate surface area is 186 Å². The second-order valence-corrected chi connectivity index (χ2v) is 7.39. The summed E-state index contributed by atoms with van der Waals surface area (Å²) in [6, 6.07) is 11.2. The van der Waals surface area contributed by atoms with Crippen molar-refractivity contribution in [1.82, 2.24) is 0 Å². The predicted molar refractivity (Wildman–Crippen MR) is 117 cm³/mol. The summed E-state index contributed by atoms with van der Waals surface area (Å²) < 4.78 is 29.9. The summed E-state index contributed by atoms with van der Waals surface area (Å²) in [4.78, 5) is 33.8. The Morgan fingerprint density at radius 2 is 1.66 bits per heavy atom. The third-order valence-corrected chi connectivity index (χ3v) is 4.48. The molecule has 0 saturated heterocycles. The maximum absolute atomic E-state index is 14.8.